The van der Waals surface area contributed by atoms with Crippen LogP contribution in [0, 0.1) is 6.92 Å². The molecule has 1 aromatic heterocycles. The van der Waals surface area contributed by atoms with Gasteiger partial charge in [-0.15, -0.1) is 11.3 Å². The lowest BCUT2D eigenvalue weighted by molar-refractivity contribution is 0.0991. The van der Waals surface area contributed by atoms with Crippen LogP contribution in [0.1, 0.15) is 21.0 Å². The molecule has 0 spiro atoms. The molecular formula is C15H16N2OS. The number of carbonyl (C=O) groups excluding carboxylic acids is 1. The number of hydrogen-bond acceptors (Lipinski definition) is 3. The number of thiophene rings is 1. The molecule has 0 radical (unpaired) electrons. The summed E-state index contributed by atoms with van der Waals surface area (Å²) >= 11 is 1.56. The highest BCUT2D eigenvalue weighted by Gasteiger charge is 2.22. The zero-order valence-corrected chi connectivity index (χ0v) is 11.7. The standard InChI is InChI=1S/C15H16N2OS/c1-11-7-8-14(19-11)15(18)17-10-4-9-16-12-5-2-3-6-13(12)17/h2-3,5-8,16H,4,9-10H2,1H3. The van der Waals surface area contributed by atoms with E-state index in [0.717, 1.165) is 35.8 Å². The van der Waals surface area contributed by atoms with E-state index >= 15 is 0 Å². The van der Waals surface area contributed by atoms with Gasteiger partial charge in [0, 0.05) is 18.0 Å². The summed E-state index contributed by atoms with van der Waals surface area (Å²) in [6, 6.07) is 11.9. The lowest BCUT2D eigenvalue weighted by Crippen LogP contribution is -2.30. The molecule has 0 saturated carbocycles. The van der Waals surface area contributed by atoms with E-state index in [0.29, 0.717) is 0 Å². The smallest absolute Gasteiger partial charge is 0.268 e. The Morgan fingerprint density at radius 2 is 2.11 bits per heavy atom. The molecule has 1 aliphatic rings. The molecule has 2 heterocycles. The highest BCUT2D eigenvalue weighted by Crippen LogP contribution is 2.30. The van der Waals surface area contributed by atoms with Crippen molar-refractivity contribution in [3.05, 3.63) is 46.2 Å². The molecule has 2 aromatic rings. The lowest BCUT2D eigenvalue weighted by Gasteiger charge is -2.21. The fourth-order valence-corrected chi connectivity index (χ4v) is 3.15. The zero-order chi connectivity index (χ0) is 13.2. The van der Waals surface area contributed by atoms with Crippen LogP contribution in [0.3, 0.4) is 0 Å². The molecule has 0 bridgehead atoms. The second kappa shape index (κ2) is 5.05. The van der Waals surface area contributed by atoms with Gasteiger partial charge in [0.1, 0.15) is 0 Å². The summed E-state index contributed by atoms with van der Waals surface area (Å²) in [7, 11) is 0. The highest BCUT2D eigenvalue weighted by molar-refractivity contribution is 7.14. The number of fused-ring (bicyclic) bond motifs is 1. The lowest BCUT2D eigenvalue weighted by atomic mass is 10.2. The molecule has 1 aromatic carbocycles. The molecule has 3 nitrogen and oxygen atoms in total. The van der Waals surface area contributed by atoms with Crippen molar-refractivity contribution in [1.82, 2.24) is 0 Å². The first-order valence-corrected chi connectivity index (χ1v) is 7.28. The Kier molecular flexibility index (Phi) is 3.25. The van der Waals surface area contributed by atoms with Crippen molar-refractivity contribution < 1.29 is 4.79 Å². The summed E-state index contributed by atoms with van der Waals surface area (Å²) in [5.41, 5.74) is 2.03. The van der Waals surface area contributed by atoms with Gasteiger partial charge in [-0.05, 0) is 37.6 Å². The van der Waals surface area contributed by atoms with Gasteiger partial charge in [0.2, 0.25) is 0 Å². The van der Waals surface area contributed by atoms with Crippen LogP contribution in [-0.4, -0.2) is 19.0 Å². The van der Waals surface area contributed by atoms with Crippen LogP contribution < -0.4 is 10.2 Å². The first-order valence-electron chi connectivity index (χ1n) is 6.47. The molecule has 0 unspecified atom stereocenters. The Bertz CT molecular complexity index is 606. The van der Waals surface area contributed by atoms with E-state index in [-0.39, 0.29) is 5.91 Å². The maximum Gasteiger partial charge on any atom is 0.268 e. The summed E-state index contributed by atoms with van der Waals surface area (Å²) in [5.74, 6) is 0.106. The van der Waals surface area contributed by atoms with Crippen LogP contribution in [0.4, 0.5) is 11.4 Å². The Morgan fingerprint density at radius 3 is 2.89 bits per heavy atom. The van der Waals surface area contributed by atoms with Crippen LogP contribution in [0.15, 0.2) is 36.4 Å². The summed E-state index contributed by atoms with van der Waals surface area (Å²) in [6.45, 7) is 3.70. The third-order valence-corrected chi connectivity index (χ3v) is 4.25. The molecule has 1 amide bonds. The van der Waals surface area contributed by atoms with Crippen LogP contribution in [0.2, 0.25) is 0 Å². The Labute approximate surface area is 116 Å². The third-order valence-electron chi connectivity index (χ3n) is 3.27. The van der Waals surface area contributed by atoms with Gasteiger partial charge in [-0.2, -0.15) is 0 Å². The molecular weight excluding hydrogens is 256 g/mol. The van der Waals surface area contributed by atoms with E-state index in [1.807, 2.05) is 48.2 Å². The van der Waals surface area contributed by atoms with Gasteiger partial charge in [0.15, 0.2) is 0 Å². The fraction of sp³-hybridized carbons (Fsp3) is 0.267. The fourth-order valence-electron chi connectivity index (χ4n) is 2.33. The number of rotatable bonds is 1. The SMILES string of the molecule is Cc1ccc(C(=O)N2CCCNc3ccccc32)s1. The van der Waals surface area contributed by atoms with Gasteiger partial charge in [0.25, 0.3) is 5.91 Å². The molecule has 3 rings (SSSR count). The van der Waals surface area contributed by atoms with Gasteiger partial charge < -0.3 is 10.2 Å². The van der Waals surface area contributed by atoms with E-state index in [1.165, 1.54) is 4.88 Å². The second-order valence-electron chi connectivity index (χ2n) is 4.66. The van der Waals surface area contributed by atoms with Gasteiger partial charge in [-0.3, -0.25) is 4.79 Å². The maximum atomic E-state index is 12.6. The van der Waals surface area contributed by atoms with Crippen molar-refractivity contribution >= 4 is 28.6 Å². The third kappa shape index (κ3) is 2.36. The average molecular weight is 272 g/mol. The number of aryl methyl sites for hydroxylation is 1. The maximum absolute atomic E-state index is 12.6. The second-order valence-corrected chi connectivity index (χ2v) is 5.95. The number of amides is 1. The Hall–Kier alpha value is -1.81. The van der Waals surface area contributed by atoms with Crippen molar-refractivity contribution in [2.24, 2.45) is 0 Å². The number of para-hydroxylation sites is 2. The molecule has 0 aliphatic carbocycles. The molecule has 0 atom stereocenters. The average Bonchev–Trinajstić information content (AvgIpc) is 2.74. The Morgan fingerprint density at radius 1 is 1.26 bits per heavy atom. The minimum atomic E-state index is 0.106. The molecule has 0 fully saturated rings. The molecule has 98 valence electrons. The number of anilines is 2. The van der Waals surface area contributed by atoms with Crippen molar-refractivity contribution in [3.8, 4) is 0 Å². The molecule has 0 saturated heterocycles. The number of carbonyl (C=O) groups is 1. The van der Waals surface area contributed by atoms with E-state index < -0.39 is 0 Å². The molecule has 1 aliphatic heterocycles. The van der Waals surface area contributed by atoms with E-state index in [1.54, 1.807) is 11.3 Å². The van der Waals surface area contributed by atoms with Crippen molar-refractivity contribution in [2.45, 2.75) is 13.3 Å². The number of hydrogen-bond donors (Lipinski definition) is 1. The number of nitrogens with zero attached hydrogens (tertiary/aromatic N) is 1. The quantitative estimate of drug-likeness (QED) is 0.861. The summed E-state index contributed by atoms with van der Waals surface area (Å²) in [5, 5.41) is 3.38. The summed E-state index contributed by atoms with van der Waals surface area (Å²) < 4.78 is 0. The first kappa shape index (κ1) is 12.2. The van der Waals surface area contributed by atoms with E-state index in [9.17, 15) is 4.79 Å². The Balaban J connectivity index is 1.98. The predicted molar refractivity (Wildman–Crippen MR) is 80.3 cm³/mol. The van der Waals surface area contributed by atoms with E-state index in [2.05, 4.69) is 5.32 Å². The highest BCUT2D eigenvalue weighted by atomic mass is 32.1. The molecule has 1 N–H and O–H groups in total. The summed E-state index contributed by atoms with van der Waals surface area (Å²) in [6.07, 6.45) is 0.963. The van der Waals surface area contributed by atoms with Crippen molar-refractivity contribution in [2.75, 3.05) is 23.3 Å². The van der Waals surface area contributed by atoms with Crippen molar-refractivity contribution in [3.63, 3.8) is 0 Å². The van der Waals surface area contributed by atoms with Crippen LogP contribution >= 0.6 is 11.3 Å². The van der Waals surface area contributed by atoms with Gasteiger partial charge >= 0.3 is 0 Å². The predicted octanol–water partition coefficient (Wildman–Crippen LogP) is 3.52. The van der Waals surface area contributed by atoms with E-state index in [4.69, 9.17) is 0 Å². The zero-order valence-electron chi connectivity index (χ0n) is 10.8. The van der Waals surface area contributed by atoms with Crippen molar-refractivity contribution in [1.29, 1.82) is 0 Å². The largest absolute Gasteiger partial charge is 0.383 e. The van der Waals surface area contributed by atoms with Gasteiger partial charge in [0.05, 0.1) is 16.3 Å². The molecule has 4 heteroatoms. The topological polar surface area (TPSA) is 32.3 Å². The minimum absolute atomic E-state index is 0.106. The van der Waals surface area contributed by atoms with Crippen LogP contribution in [-0.2, 0) is 0 Å². The number of nitrogens with one attached hydrogen (secondary N) is 1. The normalized spacial score (nSPS) is 14.5. The first-order chi connectivity index (χ1) is 9.25. The van der Waals surface area contributed by atoms with Gasteiger partial charge in [-0.1, -0.05) is 12.1 Å². The monoisotopic (exact) mass is 272 g/mol. The van der Waals surface area contributed by atoms with Crippen LogP contribution in [0.5, 0.6) is 0 Å². The minimum Gasteiger partial charge on any atom is -0.383 e. The summed E-state index contributed by atoms with van der Waals surface area (Å²) in [4.78, 5) is 16.5. The van der Waals surface area contributed by atoms with Crippen LogP contribution in [0.25, 0.3) is 0 Å². The number of benzene rings is 1. The molecule has 19 heavy (non-hydrogen) atoms. The van der Waals surface area contributed by atoms with Gasteiger partial charge in [-0.25, -0.2) is 0 Å².